The van der Waals surface area contributed by atoms with Crippen LogP contribution in [-0.4, -0.2) is 17.9 Å². The van der Waals surface area contributed by atoms with Crippen molar-refractivity contribution in [2.24, 2.45) is 11.0 Å². The van der Waals surface area contributed by atoms with Crippen molar-refractivity contribution in [2.45, 2.75) is 20.8 Å². The monoisotopic (exact) mass is 230 g/mol. The van der Waals surface area contributed by atoms with Crippen molar-refractivity contribution in [1.29, 1.82) is 0 Å². The number of aryl methyl sites for hydroxylation is 2. The van der Waals surface area contributed by atoms with Crippen molar-refractivity contribution < 1.29 is 9.59 Å². The Morgan fingerprint density at radius 1 is 1.24 bits per heavy atom. The summed E-state index contributed by atoms with van der Waals surface area (Å²) in [5.74, 6) is -1.00. The summed E-state index contributed by atoms with van der Waals surface area (Å²) in [7, 11) is 0. The highest BCUT2D eigenvalue weighted by atomic mass is 16.2. The Balaban J connectivity index is 2.39. The molecule has 0 unspecified atom stereocenters. The fraction of sp³-hybridized carbons (Fsp3) is 0.308. The molecule has 1 aromatic carbocycles. The van der Waals surface area contributed by atoms with Gasteiger partial charge in [0.1, 0.15) is 12.2 Å². The van der Waals surface area contributed by atoms with Crippen molar-refractivity contribution in [3.63, 3.8) is 0 Å². The van der Waals surface area contributed by atoms with Gasteiger partial charge in [0.2, 0.25) is 0 Å². The highest BCUT2D eigenvalue weighted by molar-refractivity contribution is 6.22. The van der Waals surface area contributed by atoms with E-state index in [1.165, 1.54) is 5.01 Å². The molecule has 1 atom stereocenters. The standard InChI is InChI=1S/C13H14N2O2/c1-8-4-5-11(6-9(8)2)15-13(17)12(7-16)10(3)14-15/h4-7,12H,1-3H3/t12-/m1/s1. The Morgan fingerprint density at radius 3 is 2.47 bits per heavy atom. The first kappa shape index (κ1) is 11.5. The average molecular weight is 230 g/mol. The number of anilines is 1. The molecular formula is C13H14N2O2. The van der Waals surface area contributed by atoms with E-state index >= 15 is 0 Å². The highest BCUT2D eigenvalue weighted by Gasteiger charge is 2.33. The third-order valence-corrected chi connectivity index (χ3v) is 3.05. The van der Waals surface area contributed by atoms with Crippen LogP contribution < -0.4 is 5.01 Å². The van der Waals surface area contributed by atoms with Crippen LogP contribution >= 0.6 is 0 Å². The van der Waals surface area contributed by atoms with Gasteiger partial charge in [-0.3, -0.25) is 4.79 Å². The number of hydrogen-bond acceptors (Lipinski definition) is 3. The lowest BCUT2D eigenvalue weighted by Gasteiger charge is -2.13. The Bertz CT molecular complexity index is 520. The van der Waals surface area contributed by atoms with Crippen LogP contribution in [0.1, 0.15) is 18.1 Å². The topological polar surface area (TPSA) is 49.7 Å². The van der Waals surface area contributed by atoms with Gasteiger partial charge in [0, 0.05) is 0 Å². The van der Waals surface area contributed by atoms with Crippen LogP contribution in [0.5, 0.6) is 0 Å². The van der Waals surface area contributed by atoms with Crippen LogP contribution in [0.15, 0.2) is 23.3 Å². The summed E-state index contributed by atoms with van der Waals surface area (Å²) in [6.07, 6.45) is 0.641. The number of hydrogen-bond donors (Lipinski definition) is 0. The Kier molecular flexibility index (Phi) is 2.79. The number of nitrogens with zero attached hydrogens (tertiary/aromatic N) is 2. The van der Waals surface area contributed by atoms with Gasteiger partial charge in [-0.25, -0.2) is 0 Å². The maximum absolute atomic E-state index is 11.9. The first-order chi connectivity index (χ1) is 8.04. The third-order valence-electron chi connectivity index (χ3n) is 3.05. The number of hydrazone groups is 1. The molecule has 0 bridgehead atoms. The second kappa shape index (κ2) is 4.13. The van der Waals surface area contributed by atoms with Crippen LogP contribution in [0.3, 0.4) is 0 Å². The number of aldehydes is 1. The van der Waals surface area contributed by atoms with Gasteiger partial charge in [0.05, 0.1) is 11.4 Å². The summed E-state index contributed by atoms with van der Waals surface area (Å²) >= 11 is 0. The maximum Gasteiger partial charge on any atom is 0.263 e. The number of benzene rings is 1. The maximum atomic E-state index is 11.9. The molecule has 0 saturated carbocycles. The summed E-state index contributed by atoms with van der Waals surface area (Å²) < 4.78 is 0. The van der Waals surface area contributed by atoms with E-state index in [-0.39, 0.29) is 5.91 Å². The largest absolute Gasteiger partial charge is 0.302 e. The van der Waals surface area contributed by atoms with E-state index < -0.39 is 5.92 Å². The predicted molar refractivity (Wildman–Crippen MR) is 66.1 cm³/mol. The molecular weight excluding hydrogens is 216 g/mol. The Morgan fingerprint density at radius 2 is 1.94 bits per heavy atom. The minimum atomic E-state index is -0.725. The van der Waals surface area contributed by atoms with Gasteiger partial charge in [0.25, 0.3) is 5.91 Å². The predicted octanol–water partition coefficient (Wildman–Crippen LogP) is 1.84. The zero-order chi connectivity index (χ0) is 12.6. The minimum absolute atomic E-state index is 0.277. The third kappa shape index (κ3) is 1.86. The molecule has 0 radical (unpaired) electrons. The lowest BCUT2D eigenvalue weighted by molar-refractivity contribution is -0.123. The Hall–Kier alpha value is -1.97. The van der Waals surface area contributed by atoms with E-state index in [1.807, 2.05) is 32.0 Å². The van der Waals surface area contributed by atoms with Crippen LogP contribution in [0, 0.1) is 19.8 Å². The molecule has 2 rings (SSSR count). The molecule has 1 amide bonds. The SMILES string of the molecule is CC1=NN(c2ccc(C)c(C)c2)C(=O)[C@@H]1C=O. The van der Waals surface area contributed by atoms with Crippen molar-refractivity contribution in [1.82, 2.24) is 0 Å². The lowest BCUT2D eigenvalue weighted by Crippen LogP contribution is -2.27. The van der Waals surface area contributed by atoms with Gasteiger partial charge >= 0.3 is 0 Å². The second-order valence-corrected chi connectivity index (χ2v) is 4.27. The van der Waals surface area contributed by atoms with Crippen LogP contribution in [0.4, 0.5) is 5.69 Å². The van der Waals surface area contributed by atoms with E-state index in [2.05, 4.69) is 5.10 Å². The summed E-state index contributed by atoms with van der Waals surface area (Å²) in [5, 5.41) is 5.44. The zero-order valence-corrected chi connectivity index (χ0v) is 10.1. The first-order valence-corrected chi connectivity index (χ1v) is 5.46. The zero-order valence-electron chi connectivity index (χ0n) is 10.1. The second-order valence-electron chi connectivity index (χ2n) is 4.27. The van der Waals surface area contributed by atoms with Gasteiger partial charge in [0.15, 0.2) is 0 Å². The number of carbonyl (C=O) groups is 2. The summed E-state index contributed by atoms with van der Waals surface area (Å²) in [6.45, 7) is 5.68. The molecule has 0 spiro atoms. The van der Waals surface area contributed by atoms with Gasteiger partial charge in [-0.05, 0) is 44.0 Å². The molecule has 88 valence electrons. The smallest absolute Gasteiger partial charge is 0.263 e. The van der Waals surface area contributed by atoms with Crippen LogP contribution in [0.25, 0.3) is 0 Å². The molecule has 1 aromatic rings. The molecule has 4 heteroatoms. The van der Waals surface area contributed by atoms with E-state index in [0.717, 1.165) is 11.1 Å². The molecule has 17 heavy (non-hydrogen) atoms. The van der Waals surface area contributed by atoms with E-state index in [0.29, 0.717) is 17.7 Å². The molecule has 0 fully saturated rings. The summed E-state index contributed by atoms with van der Waals surface area (Å²) in [4.78, 5) is 22.7. The van der Waals surface area contributed by atoms with Gasteiger partial charge in [-0.2, -0.15) is 10.1 Å². The fourth-order valence-electron chi connectivity index (χ4n) is 1.78. The number of rotatable bonds is 2. The van der Waals surface area contributed by atoms with E-state index in [1.54, 1.807) is 6.92 Å². The van der Waals surface area contributed by atoms with E-state index in [4.69, 9.17) is 0 Å². The lowest BCUT2D eigenvalue weighted by atomic mass is 10.1. The minimum Gasteiger partial charge on any atom is -0.302 e. The van der Waals surface area contributed by atoms with Gasteiger partial charge < -0.3 is 4.79 Å². The van der Waals surface area contributed by atoms with Gasteiger partial charge in [-0.15, -0.1) is 0 Å². The molecule has 4 nitrogen and oxygen atoms in total. The van der Waals surface area contributed by atoms with Crippen molar-refractivity contribution in [2.75, 3.05) is 5.01 Å². The average Bonchev–Trinajstić information content (AvgIpc) is 2.58. The van der Waals surface area contributed by atoms with Crippen molar-refractivity contribution >= 4 is 23.6 Å². The van der Waals surface area contributed by atoms with Crippen LogP contribution in [0.2, 0.25) is 0 Å². The molecule has 0 saturated heterocycles. The van der Waals surface area contributed by atoms with Gasteiger partial charge in [-0.1, -0.05) is 6.07 Å². The van der Waals surface area contributed by atoms with Crippen molar-refractivity contribution in [3.05, 3.63) is 29.3 Å². The fourth-order valence-corrected chi connectivity index (χ4v) is 1.78. The quantitative estimate of drug-likeness (QED) is 0.575. The summed E-state index contributed by atoms with van der Waals surface area (Å²) in [6, 6.07) is 5.68. The van der Waals surface area contributed by atoms with E-state index in [9.17, 15) is 9.59 Å². The molecule has 0 aromatic heterocycles. The first-order valence-electron chi connectivity index (χ1n) is 5.46. The molecule has 1 aliphatic heterocycles. The molecule has 1 heterocycles. The summed E-state index contributed by atoms with van der Waals surface area (Å²) in [5.41, 5.74) is 3.51. The normalized spacial score (nSPS) is 19.5. The van der Waals surface area contributed by atoms with Crippen molar-refractivity contribution in [3.8, 4) is 0 Å². The number of amides is 1. The molecule has 1 aliphatic rings. The number of carbonyl (C=O) groups excluding carboxylic acids is 2. The molecule has 0 aliphatic carbocycles. The Labute approximate surface area is 99.9 Å². The molecule has 0 N–H and O–H groups in total. The highest BCUT2D eigenvalue weighted by Crippen LogP contribution is 2.24. The van der Waals surface area contributed by atoms with Crippen LogP contribution in [-0.2, 0) is 9.59 Å².